The Morgan fingerprint density at radius 2 is 2.17 bits per heavy atom. The maximum Gasteiger partial charge on any atom is 0.00760 e. The van der Waals surface area contributed by atoms with Gasteiger partial charge in [0.2, 0.25) is 0 Å². The second-order valence-corrected chi connectivity index (χ2v) is 4.34. The van der Waals surface area contributed by atoms with Crippen LogP contribution in [0.1, 0.15) is 26.7 Å². The lowest BCUT2D eigenvalue weighted by Crippen LogP contribution is -2.32. The molecule has 0 radical (unpaired) electrons. The third-order valence-corrected chi connectivity index (χ3v) is 3.14. The summed E-state index contributed by atoms with van der Waals surface area (Å²) in [7, 11) is 2.21. The van der Waals surface area contributed by atoms with E-state index in [2.05, 4.69) is 25.8 Å². The first-order chi connectivity index (χ1) is 5.65. The third kappa shape index (κ3) is 2.76. The molecule has 72 valence electrons. The Morgan fingerprint density at radius 1 is 1.58 bits per heavy atom. The van der Waals surface area contributed by atoms with Crippen molar-refractivity contribution in [3.63, 3.8) is 0 Å². The van der Waals surface area contributed by atoms with Crippen LogP contribution in [0.3, 0.4) is 0 Å². The van der Waals surface area contributed by atoms with Gasteiger partial charge in [-0.05, 0) is 45.2 Å². The summed E-state index contributed by atoms with van der Waals surface area (Å²) in [6, 6.07) is 0.655. The van der Waals surface area contributed by atoms with Crippen molar-refractivity contribution in [3.05, 3.63) is 0 Å². The van der Waals surface area contributed by atoms with Crippen LogP contribution >= 0.6 is 0 Å². The molecular formula is C10H22N2. The molecule has 2 nitrogen and oxygen atoms in total. The lowest BCUT2D eigenvalue weighted by Gasteiger charge is -2.24. The molecule has 1 aliphatic carbocycles. The summed E-state index contributed by atoms with van der Waals surface area (Å²) >= 11 is 0. The SMILES string of the molecule is CC1CC1CN(C)C(C)CCN. The van der Waals surface area contributed by atoms with Crippen molar-refractivity contribution in [2.24, 2.45) is 17.6 Å². The summed E-state index contributed by atoms with van der Waals surface area (Å²) in [5.74, 6) is 1.94. The highest BCUT2D eigenvalue weighted by atomic mass is 15.1. The van der Waals surface area contributed by atoms with Gasteiger partial charge in [-0.25, -0.2) is 0 Å². The number of nitrogens with zero attached hydrogens (tertiary/aromatic N) is 1. The molecule has 0 bridgehead atoms. The Labute approximate surface area is 76.1 Å². The van der Waals surface area contributed by atoms with Crippen molar-refractivity contribution in [2.75, 3.05) is 20.1 Å². The van der Waals surface area contributed by atoms with E-state index in [9.17, 15) is 0 Å². The molecule has 0 amide bonds. The summed E-state index contributed by atoms with van der Waals surface area (Å²) in [4.78, 5) is 2.45. The highest BCUT2D eigenvalue weighted by Gasteiger charge is 2.33. The van der Waals surface area contributed by atoms with E-state index < -0.39 is 0 Å². The van der Waals surface area contributed by atoms with Crippen molar-refractivity contribution in [1.82, 2.24) is 4.90 Å². The third-order valence-electron chi connectivity index (χ3n) is 3.14. The quantitative estimate of drug-likeness (QED) is 0.674. The Morgan fingerprint density at radius 3 is 2.58 bits per heavy atom. The van der Waals surface area contributed by atoms with E-state index >= 15 is 0 Å². The van der Waals surface area contributed by atoms with E-state index in [0.29, 0.717) is 6.04 Å². The summed E-state index contributed by atoms with van der Waals surface area (Å²) in [6.45, 7) is 6.68. The van der Waals surface area contributed by atoms with E-state index in [0.717, 1.165) is 24.8 Å². The van der Waals surface area contributed by atoms with Crippen molar-refractivity contribution in [1.29, 1.82) is 0 Å². The Kier molecular flexibility index (Phi) is 3.53. The molecule has 2 heteroatoms. The fourth-order valence-corrected chi connectivity index (χ4v) is 1.66. The van der Waals surface area contributed by atoms with Gasteiger partial charge in [0.05, 0.1) is 0 Å². The van der Waals surface area contributed by atoms with Gasteiger partial charge in [0, 0.05) is 12.6 Å². The topological polar surface area (TPSA) is 29.3 Å². The molecule has 1 aliphatic rings. The van der Waals surface area contributed by atoms with Crippen LogP contribution in [0.2, 0.25) is 0 Å². The van der Waals surface area contributed by atoms with Crippen LogP contribution in [0.4, 0.5) is 0 Å². The van der Waals surface area contributed by atoms with E-state index in [-0.39, 0.29) is 0 Å². The van der Waals surface area contributed by atoms with Crippen molar-refractivity contribution >= 4 is 0 Å². The van der Waals surface area contributed by atoms with Crippen molar-refractivity contribution in [3.8, 4) is 0 Å². The summed E-state index contributed by atoms with van der Waals surface area (Å²) in [6.07, 6.45) is 2.55. The average Bonchev–Trinajstić information content (AvgIpc) is 2.67. The molecule has 0 aliphatic heterocycles. The zero-order valence-corrected chi connectivity index (χ0v) is 8.59. The predicted molar refractivity (Wildman–Crippen MR) is 53.0 cm³/mol. The van der Waals surface area contributed by atoms with Crippen LogP contribution in [0, 0.1) is 11.8 Å². The second-order valence-electron chi connectivity index (χ2n) is 4.34. The van der Waals surface area contributed by atoms with Gasteiger partial charge < -0.3 is 10.6 Å². The van der Waals surface area contributed by atoms with Crippen LogP contribution in [-0.4, -0.2) is 31.1 Å². The maximum atomic E-state index is 5.51. The number of nitrogens with two attached hydrogens (primary N) is 1. The van der Waals surface area contributed by atoms with E-state index in [1.165, 1.54) is 13.0 Å². The first-order valence-electron chi connectivity index (χ1n) is 5.05. The Hall–Kier alpha value is -0.0800. The lowest BCUT2D eigenvalue weighted by molar-refractivity contribution is 0.236. The van der Waals surface area contributed by atoms with Gasteiger partial charge in [0.1, 0.15) is 0 Å². The standard InChI is InChI=1S/C10H22N2/c1-8-6-10(8)7-12(3)9(2)4-5-11/h8-10H,4-7,11H2,1-3H3. The molecule has 0 saturated heterocycles. The fraction of sp³-hybridized carbons (Fsp3) is 1.00. The molecule has 3 atom stereocenters. The van der Waals surface area contributed by atoms with E-state index in [4.69, 9.17) is 5.73 Å². The molecule has 12 heavy (non-hydrogen) atoms. The predicted octanol–water partition coefficient (Wildman–Crippen LogP) is 1.31. The molecular weight excluding hydrogens is 148 g/mol. The second kappa shape index (κ2) is 4.24. The van der Waals surface area contributed by atoms with E-state index in [1.807, 2.05) is 0 Å². The molecule has 3 unspecified atom stereocenters. The molecule has 0 aromatic rings. The molecule has 1 saturated carbocycles. The Bertz CT molecular complexity index is 136. The van der Waals surface area contributed by atoms with Gasteiger partial charge in [0.15, 0.2) is 0 Å². The minimum atomic E-state index is 0.655. The van der Waals surface area contributed by atoms with Gasteiger partial charge in [0.25, 0.3) is 0 Å². The highest BCUT2D eigenvalue weighted by Crippen LogP contribution is 2.38. The maximum absolute atomic E-state index is 5.51. The smallest absolute Gasteiger partial charge is 0.00760 e. The molecule has 0 aromatic heterocycles. The zero-order chi connectivity index (χ0) is 9.14. The average molecular weight is 170 g/mol. The van der Waals surface area contributed by atoms with Crippen LogP contribution in [0.25, 0.3) is 0 Å². The van der Waals surface area contributed by atoms with Crippen LogP contribution < -0.4 is 5.73 Å². The Balaban J connectivity index is 2.13. The minimum Gasteiger partial charge on any atom is -0.330 e. The number of hydrogen-bond acceptors (Lipinski definition) is 2. The van der Waals surface area contributed by atoms with Gasteiger partial charge in [-0.15, -0.1) is 0 Å². The van der Waals surface area contributed by atoms with E-state index in [1.54, 1.807) is 0 Å². The summed E-state index contributed by atoms with van der Waals surface area (Å²) in [5, 5.41) is 0. The monoisotopic (exact) mass is 170 g/mol. The van der Waals surface area contributed by atoms with Crippen LogP contribution in [-0.2, 0) is 0 Å². The normalized spacial score (nSPS) is 30.8. The largest absolute Gasteiger partial charge is 0.330 e. The summed E-state index contributed by atoms with van der Waals surface area (Å²) in [5.41, 5.74) is 5.51. The number of hydrogen-bond donors (Lipinski definition) is 1. The van der Waals surface area contributed by atoms with Gasteiger partial charge in [-0.1, -0.05) is 6.92 Å². The highest BCUT2D eigenvalue weighted by molar-refractivity contribution is 4.85. The van der Waals surface area contributed by atoms with Crippen LogP contribution in [0.5, 0.6) is 0 Å². The molecule has 0 heterocycles. The van der Waals surface area contributed by atoms with Gasteiger partial charge in [-0.2, -0.15) is 0 Å². The lowest BCUT2D eigenvalue weighted by atomic mass is 10.2. The van der Waals surface area contributed by atoms with Crippen LogP contribution in [0.15, 0.2) is 0 Å². The zero-order valence-electron chi connectivity index (χ0n) is 8.59. The number of rotatable bonds is 5. The van der Waals surface area contributed by atoms with Crippen molar-refractivity contribution in [2.45, 2.75) is 32.7 Å². The van der Waals surface area contributed by atoms with Gasteiger partial charge in [-0.3, -0.25) is 0 Å². The molecule has 0 aromatic carbocycles. The first-order valence-corrected chi connectivity index (χ1v) is 5.05. The molecule has 2 N–H and O–H groups in total. The fourth-order valence-electron chi connectivity index (χ4n) is 1.66. The molecule has 0 spiro atoms. The summed E-state index contributed by atoms with van der Waals surface area (Å²) < 4.78 is 0. The molecule has 1 rings (SSSR count). The van der Waals surface area contributed by atoms with Crippen molar-refractivity contribution < 1.29 is 0 Å². The molecule has 1 fully saturated rings. The minimum absolute atomic E-state index is 0.655. The van der Waals surface area contributed by atoms with Gasteiger partial charge >= 0.3 is 0 Å². The first kappa shape index (κ1) is 10.0.